The van der Waals surface area contributed by atoms with Crippen molar-refractivity contribution in [2.45, 2.75) is 33.1 Å². The summed E-state index contributed by atoms with van der Waals surface area (Å²) < 4.78 is 6.05. The van der Waals surface area contributed by atoms with Crippen LogP contribution in [0.1, 0.15) is 43.7 Å². The van der Waals surface area contributed by atoms with Gasteiger partial charge in [0.05, 0.1) is 0 Å². The molecule has 1 aromatic heterocycles. The summed E-state index contributed by atoms with van der Waals surface area (Å²) in [4.78, 5) is 28.4. The van der Waals surface area contributed by atoms with Crippen LogP contribution in [0.5, 0.6) is 0 Å². The number of rotatable bonds is 6. The number of anilines is 1. The molecule has 160 valence electrons. The number of benzene rings is 2. The zero-order chi connectivity index (χ0) is 22.6. The van der Waals surface area contributed by atoms with E-state index in [9.17, 15) is 9.59 Å². The fourth-order valence-corrected chi connectivity index (χ4v) is 3.06. The largest absolute Gasteiger partial charge is 0.435 e. The fraction of sp³-hybridized carbons (Fsp3) is 0.240. The number of nitrogens with zero attached hydrogens (tertiary/aromatic N) is 1. The summed E-state index contributed by atoms with van der Waals surface area (Å²) in [5.74, 6) is 0.232. The lowest BCUT2D eigenvalue weighted by atomic mass is 9.87. The number of aromatic nitrogens is 1. The third-order valence-electron chi connectivity index (χ3n) is 4.71. The molecular weight excluding hydrogens is 390 g/mol. The molecule has 0 saturated heterocycles. The number of hydrogen-bond acceptors (Lipinski definition) is 4. The minimum absolute atomic E-state index is 0.0334. The Labute approximate surface area is 182 Å². The first-order valence-corrected chi connectivity index (χ1v) is 10.1. The van der Waals surface area contributed by atoms with Gasteiger partial charge in [0.15, 0.2) is 11.5 Å². The first-order valence-electron chi connectivity index (χ1n) is 10.1. The smallest absolute Gasteiger partial charge is 0.274 e. The van der Waals surface area contributed by atoms with Crippen LogP contribution >= 0.6 is 0 Å². The van der Waals surface area contributed by atoms with Gasteiger partial charge >= 0.3 is 0 Å². The maximum Gasteiger partial charge on any atom is 0.274 e. The molecule has 3 aromatic rings. The van der Waals surface area contributed by atoms with Gasteiger partial charge in [-0.05, 0) is 47.4 Å². The molecule has 6 heteroatoms. The molecule has 3 rings (SSSR count). The Morgan fingerprint density at radius 2 is 1.65 bits per heavy atom. The van der Waals surface area contributed by atoms with Gasteiger partial charge in [-0.3, -0.25) is 9.59 Å². The molecule has 31 heavy (non-hydrogen) atoms. The van der Waals surface area contributed by atoms with Gasteiger partial charge in [0, 0.05) is 30.3 Å². The Morgan fingerprint density at radius 3 is 2.19 bits per heavy atom. The summed E-state index contributed by atoms with van der Waals surface area (Å²) in [5.41, 5.74) is 3.55. The molecule has 0 spiro atoms. The molecule has 2 aromatic carbocycles. The number of carbonyl (C=O) groups is 2. The minimum Gasteiger partial charge on any atom is -0.435 e. The Hall–Kier alpha value is -3.67. The van der Waals surface area contributed by atoms with Crippen LogP contribution in [0.2, 0.25) is 0 Å². The fourth-order valence-electron chi connectivity index (χ4n) is 3.06. The van der Waals surface area contributed by atoms with E-state index in [0.29, 0.717) is 29.4 Å². The molecule has 0 aliphatic rings. The van der Waals surface area contributed by atoms with E-state index in [1.165, 1.54) is 12.5 Å². The number of oxazole rings is 1. The topological polar surface area (TPSA) is 84.2 Å². The molecule has 1 heterocycles. The lowest BCUT2D eigenvalue weighted by Crippen LogP contribution is -2.24. The van der Waals surface area contributed by atoms with Crippen LogP contribution in [0.4, 0.5) is 5.69 Å². The van der Waals surface area contributed by atoms with Gasteiger partial charge < -0.3 is 15.1 Å². The summed E-state index contributed by atoms with van der Waals surface area (Å²) >= 11 is 0. The van der Waals surface area contributed by atoms with Gasteiger partial charge in [-0.2, -0.15) is 0 Å². The minimum atomic E-state index is -0.345. The van der Waals surface area contributed by atoms with Crippen LogP contribution in [-0.4, -0.2) is 23.3 Å². The van der Waals surface area contributed by atoms with Crippen molar-refractivity contribution in [3.05, 3.63) is 72.4 Å². The van der Waals surface area contributed by atoms with Crippen molar-refractivity contribution in [2.24, 2.45) is 0 Å². The predicted octanol–water partition coefficient (Wildman–Crippen LogP) is 5.18. The second-order valence-electron chi connectivity index (χ2n) is 8.28. The van der Waals surface area contributed by atoms with Crippen molar-refractivity contribution in [3.63, 3.8) is 0 Å². The summed E-state index contributed by atoms with van der Waals surface area (Å²) in [7, 11) is 0. The van der Waals surface area contributed by atoms with Gasteiger partial charge in [-0.15, -0.1) is 6.58 Å². The van der Waals surface area contributed by atoms with E-state index in [1.807, 2.05) is 24.3 Å². The van der Waals surface area contributed by atoms with Crippen LogP contribution in [0.3, 0.4) is 0 Å². The zero-order valence-electron chi connectivity index (χ0n) is 18.3. The molecule has 0 saturated carbocycles. The maximum atomic E-state index is 12.7. The lowest BCUT2D eigenvalue weighted by Gasteiger charge is -2.18. The average molecular weight is 418 g/mol. The van der Waals surface area contributed by atoms with Crippen LogP contribution in [-0.2, 0) is 10.2 Å². The number of amides is 2. The van der Waals surface area contributed by atoms with Crippen molar-refractivity contribution in [1.82, 2.24) is 10.3 Å². The van der Waals surface area contributed by atoms with Crippen LogP contribution in [0.15, 0.2) is 65.6 Å². The SMILES string of the molecule is C=CCNC(=O)c1nc(-c2ccc(C(C)(C)C)cc2)oc1-c1ccc(NC(C)=O)cc1. The Balaban J connectivity index is 2.01. The van der Waals surface area contributed by atoms with E-state index < -0.39 is 0 Å². The van der Waals surface area contributed by atoms with Crippen molar-refractivity contribution < 1.29 is 14.0 Å². The van der Waals surface area contributed by atoms with E-state index in [4.69, 9.17) is 4.42 Å². The number of carbonyl (C=O) groups excluding carboxylic acids is 2. The second-order valence-corrected chi connectivity index (χ2v) is 8.28. The van der Waals surface area contributed by atoms with E-state index in [0.717, 1.165) is 5.56 Å². The van der Waals surface area contributed by atoms with Gasteiger partial charge in [-0.1, -0.05) is 39.0 Å². The molecule has 0 radical (unpaired) electrons. The maximum absolute atomic E-state index is 12.7. The lowest BCUT2D eigenvalue weighted by molar-refractivity contribution is -0.114. The first kappa shape index (κ1) is 22.0. The molecule has 2 amide bonds. The van der Waals surface area contributed by atoms with E-state index in [-0.39, 0.29) is 22.9 Å². The number of hydrogen-bond donors (Lipinski definition) is 2. The van der Waals surface area contributed by atoms with Gasteiger partial charge in [-0.25, -0.2) is 4.98 Å². The third-order valence-corrected chi connectivity index (χ3v) is 4.71. The van der Waals surface area contributed by atoms with E-state index >= 15 is 0 Å². The highest BCUT2D eigenvalue weighted by Crippen LogP contribution is 2.32. The van der Waals surface area contributed by atoms with Gasteiger partial charge in [0.25, 0.3) is 5.91 Å². The molecule has 0 unspecified atom stereocenters. The van der Waals surface area contributed by atoms with Crippen molar-refractivity contribution in [3.8, 4) is 22.8 Å². The molecule has 0 atom stereocenters. The molecular formula is C25H27N3O3. The van der Waals surface area contributed by atoms with Gasteiger partial charge in [0.2, 0.25) is 11.8 Å². The van der Waals surface area contributed by atoms with Crippen molar-refractivity contribution in [1.29, 1.82) is 0 Å². The first-order chi connectivity index (χ1) is 14.7. The molecule has 0 bridgehead atoms. The number of nitrogens with one attached hydrogen (secondary N) is 2. The normalized spacial score (nSPS) is 11.1. The van der Waals surface area contributed by atoms with Crippen LogP contribution in [0, 0.1) is 0 Å². The molecule has 0 fully saturated rings. The highest BCUT2D eigenvalue weighted by atomic mass is 16.4. The molecule has 0 aliphatic carbocycles. The van der Waals surface area contributed by atoms with Crippen LogP contribution in [0.25, 0.3) is 22.8 Å². The Morgan fingerprint density at radius 1 is 1.03 bits per heavy atom. The predicted molar refractivity (Wildman–Crippen MR) is 123 cm³/mol. The second kappa shape index (κ2) is 9.00. The standard InChI is InChI=1S/C25H27N3O3/c1-6-15-26-23(30)21-22(17-9-13-20(14-10-17)27-16(2)29)31-24(28-21)18-7-11-19(12-8-18)25(3,4)5/h6-14H,1,15H2,2-5H3,(H,26,30)(H,27,29). The summed E-state index contributed by atoms with van der Waals surface area (Å²) in [5, 5.41) is 5.48. The summed E-state index contributed by atoms with van der Waals surface area (Å²) in [6, 6.07) is 15.0. The van der Waals surface area contributed by atoms with Crippen molar-refractivity contribution >= 4 is 17.5 Å². The highest BCUT2D eigenvalue weighted by Gasteiger charge is 2.22. The van der Waals surface area contributed by atoms with Crippen LogP contribution < -0.4 is 10.6 Å². The average Bonchev–Trinajstić information content (AvgIpc) is 3.17. The molecule has 2 N–H and O–H groups in total. The van der Waals surface area contributed by atoms with Gasteiger partial charge in [0.1, 0.15) is 0 Å². The van der Waals surface area contributed by atoms with E-state index in [1.54, 1.807) is 30.3 Å². The Bertz CT molecular complexity index is 1090. The molecule has 6 nitrogen and oxygen atoms in total. The van der Waals surface area contributed by atoms with Crippen molar-refractivity contribution in [2.75, 3.05) is 11.9 Å². The highest BCUT2D eigenvalue weighted by molar-refractivity contribution is 5.98. The third kappa shape index (κ3) is 5.28. The Kier molecular flexibility index (Phi) is 6.39. The summed E-state index contributed by atoms with van der Waals surface area (Å²) in [6.45, 7) is 11.8. The quantitative estimate of drug-likeness (QED) is 0.541. The summed E-state index contributed by atoms with van der Waals surface area (Å²) in [6.07, 6.45) is 1.60. The monoisotopic (exact) mass is 417 g/mol. The van der Waals surface area contributed by atoms with E-state index in [2.05, 4.69) is 43.0 Å². The molecule has 0 aliphatic heterocycles. The zero-order valence-corrected chi connectivity index (χ0v) is 18.3.